The zero-order valence-electron chi connectivity index (χ0n) is 59.9. The van der Waals surface area contributed by atoms with Gasteiger partial charge in [-0.05, 0) is 217 Å². The number of aryl methyl sites for hydroxylation is 1. The minimum absolute atomic E-state index is 0.0552. The van der Waals surface area contributed by atoms with E-state index in [-0.39, 0.29) is 85.6 Å². The lowest BCUT2D eigenvalue weighted by atomic mass is 9.79. The maximum Gasteiger partial charge on any atom is 0.231 e. The van der Waals surface area contributed by atoms with Gasteiger partial charge in [-0.15, -0.1) is 0 Å². The fourth-order valence-electron chi connectivity index (χ4n) is 16.8. The quantitative estimate of drug-likeness (QED) is 0.0530. The molecule has 3 aromatic rings. The van der Waals surface area contributed by atoms with Gasteiger partial charge in [-0.2, -0.15) is 44.9 Å². The number of rotatable bonds is 20. The molecular weight excluding hydrogens is 1100 g/mol. The van der Waals surface area contributed by atoms with E-state index in [9.17, 15) is 0 Å². The van der Waals surface area contributed by atoms with Crippen molar-refractivity contribution < 1.29 is 0 Å². The molecule has 0 unspecified atom stereocenters. The highest BCUT2D eigenvalue weighted by Gasteiger charge is 2.45. The maximum atomic E-state index is 5.33. The number of nitrogens with one attached hydrogen (secondary N) is 7. The van der Waals surface area contributed by atoms with E-state index in [0.717, 1.165) is 64.2 Å². The molecule has 5 saturated heterocycles. The highest BCUT2D eigenvalue weighted by Crippen LogP contribution is 2.39. The van der Waals surface area contributed by atoms with Crippen LogP contribution in [0.2, 0.25) is 0 Å². The van der Waals surface area contributed by atoms with Crippen molar-refractivity contribution in [2.24, 2.45) is 0 Å². The van der Waals surface area contributed by atoms with Crippen LogP contribution < -0.4 is 66.6 Å². The molecule has 0 aliphatic carbocycles. The molecule has 23 heteroatoms. The van der Waals surface area contributed by atoms with Crippen LogP contribution in [0.1, 0.15) is 209 Å². The van der Waals surface area contributed by atoms with Crippen LogP contribution >= 0.6 is 0 Å². The number of anilines is 8. The summed E-state index contributed by atoms with van der Waals surface area (Å²) in [5, 5.41) is 26.8. The average molecular weight is 1220 g/mol. The number of nitrogens with zero attached hydrogens (tertiary/aromatic N) is 16. The van der Waals surface area contributed by atoms with Gasteiger partial charge in [0.25, 0.3) is 0 Å². The summed E-state index contributed by atoms with van der Waals surface area (Å²) in [6, 6.07) is 1.03. The van der Waals surface area contributed by atoms with Crippen LogP contribution in [0.15, 0.2) is 0 Å². The SMILES string of the molecule is Cc1nc(N(CCN(C)CNc2nc(N(C)C3CC(C)(C)NC(C)(C)C3)nc(N(C)C3CC(C)(C)NC(C)(C)C3)n2)CNc2nc(N(C)C3CC(C)(C)NC(C)(C)C3)nc(N(C)C3CC(C)(C)NC(C)(C)C3)n2)nc(N(C)C2CC(C)(C)NC(C)(C)C2)n1. The maximum absolute atomic E-state index is 5.33. The van der Waals surface area contributed by atoms with Crippen molar-refractivity contribution in [3.05, 3.63) is 5.82 Å². The van der Waals surface area contributed by atoms with E-state index in [2.05, 4.69) is 252 Å². The Labute approximate surface area is 531 Å². The van der Waals surface area contributed by atoms with Crippen LogP contribution in [0.4, 0.5) is 47.6 Å². The summed E-state index contributed by atoms with van der Waals surface area (Å²) in [4.78, 5) is 62.9. The third kappa shape index (κ3) is 18.0. The molecule has 0 atom stereocenters. The standard InChI is InChI=1S/C65H121N23/c1-42-68-50(83(23)43-30-56(2,3)77-57(4,5)31-43)76-55(69-42)88(41-67-49-72-53(86(26)46-36-62(14,15)80-63(16,17)37-46)75-54(73-49)87(27)47-38-64(18,19)81-65(20,21)39-47)29-28-82(22)40-66-48-70-51(84(24)44-32-58(6,7)78-59(8,9)33-44)74-52(71-48)85(25)45-34-60(10,11)79-61(12,13)35-45/h43-47,77-81H,28-41H2,1-27H3,(H,66,70,71,74)(H,67,72,73,75). The van der Waals surface area contributed by atoms with Crippen LogP contribution in [0.25, 0.3) is 0 Å². The molecule has 3 aromatic heterocycles. The Morgan fingerprint density at radius 2 is 0.523 bits per heavy atom. The molecule has 0 saturated carbocycles. The number of hydrogen-bond donors (Lipinski definition) is 7. The third-order valence-electron chi connectivity index (χ3n) is 19.1. The molecule has 5 fully saturated rings. The zero-order chi connectivity index (χ0) is 65.3. The topological polar surface area (TPSA) is 223 Å². The van der Waals surface area contributed by atoms with Gasteiger partial charge in [-0.25, -0.2) is 0 Å². The number of aromatic nitrogens is 9. The number of piperidine rings is 5. The van der Waals surface area contributed by atoms with Crippen molar-refractivity contribution in [3.8, 4) is 0 Å². The molecular formula is C65H121N23. The smallest absolute Gasteiger partial charge is 0.231 e. The fraction of sp³-hybridized carbons (Fsp3) is 0.862. The molecule has 88 heavy (non-hydrogen) atoms. The predicted octanol–water partition coefficient (Wildman–Crippen LogP) is 8.15. The van der Waals surface area contributed by atoms with Gasteiger partial charge in [-0.1, -0.05) is 0 Å². The van der Waals surface area contributed by atoms with E-state index in [1.54, 1.807) is 0 Å². The van der Waals surface area contributed by atoms with Crippen LogP contribution in [0.3, 0.4) is 0 Å². The van der Waals surface area contributed by atoms with Crippen LogP contribution in [0.5, 0.6) is 0 Å². The molecule has 5 aliphatic rings. The second-order valence-corrected chi connectivity index (χ2v) is 34.3. The van der Waals surface area contributed by atoms with Gasteiger partial charge in [0.15, 0.2) is 0 Å². The summed E-state index contributed by atoms with van der Waals surface area (Å²) in [5.74, 6) is 5.53. The van der Waals surface area contributed by atoms with Gasteiger partial charge in [0.2, 0.25) is 47.6 Å². The first kappa shape index (κ1) is 69.1. The number of likely N-dealkylation sites (N-methyl/N-ethyl adjacent to an activating group) is 1. The molecule has 0 amide bonds. The van der Waals surface area contributed by atoms with Crippen molar-refractivity contribution in [2.45, 2.75) is 295 Å². The highest BCUT2D eigenvalue weighted by atomic mass is 15.4. The van der Waals surface area contributed by atoms with Crippen LogP contribution in [-0.2, 0) is 0 Å². The summed E-state index contributed by atoms with van der Waals surface area (Å²) >= 11 is 0. The van der Waals surface area contributed by atoms with E-state index in [1.807, 2.05) is 6.92 Å². The zero-order valence-corrected chi connectivity index (χ0v) is 59.9. The summed E-state index contributed by atoms with van der Waals surface area (Å²) < 4.78 is 0. The second kappa shape index (κ2) is 24.7. The van der Waals surface area contributed by atoms with E-state index in [1.165, 1.54) is 0 Å². The molecule has 0 spiro atoms. The predicted molar refractivity (Wildman–Crippen MR) is 365 cm³/mol. The Morgan fingerprint density at radius 3 is 0.784 bits per heavy atom. The molecule has 0 bridgehead atoms. The Hall–Kier alpha value is -4.81. The molecule has 23 nitrogen and oxygen atoms in total. The first-order valence-electron chi connectivity index (χ1n) is 32.9. The summed E-state index contributed by atoms with van der Waals surface area (Å²) in [5.41, 5.74) is -0.652. The molecule has 0 radical (unpaired) electrons. The summed E-state index contributed by atoms with van der Waals surface area (Å²) in [7, 11) is 12.9. The van der Waals surface area contributed by atoms with E-state index >= 15 is 0 Å². The third-order valence-corrected chi connectivity index (χ3v) is 19.1. The van der Waals surface area contributed by atoms with Gasteiger partial charge in [-0.3, -0.25) is 4.90 Å². The average Bonchev–Trinajstić information content (AvgIpc) is 3.56. The van der Waals surface area contributed by atoms with Crippen molar-refractivity contribution in [3.63, 3.8) is 0 Å². The van der Waals surface area contributed by atoms with Crippen molar-refractivity contribution in [1.82, 2.24) is 76.3 Å². The van der Waals surface area contributed by atoms with Crippen LogP contribution in [0, 0.1) is 6.92 Å². The highest BCUT2D eigenvalue weighted by molar-refractivity contribution is 5.49. The first-order chi connectivity index (χ1) is 40.2. The summed E-state index contributed by atoms with van der Waals surface area (Å²) in [6.07, 6.45) is 9.48. The van der Waals surface area contributed by atoms with Gasteiger partial charge in [0.05, 0.1) is 13.3 Å². The minimum Gasteiger partial charge on any atom is -0.341 e. The molecule has 7 N–H and O–H groups in total. The Bertz CT molecular complexity index is 2670. The van der Waals surface area contributed by atoms with Crippen LogP contribution in [-0.4, -0.2) is 204 Å². The first-order valence-corrected chi connectivity index (χ1v) is 32.9. The minimum atomic E-state index is -0.0751. The second-order valence-electron chi connectivity index (χ2n) is 34.3. The summed E-state index contributed by atoms with van der Waals surface area (Å²) in [6.45, 7) is 49.8. The van der Waals surface area contributed by atoms with Gasteiger partial charge < -0.3 is 66.6 Å². The van der Waals surface area contributed by atoms with E-state index in [4.69, 9.17) is 44.9 Å². The lowest BCUT2D eigenvalue weighted by Gasteiger charge is -2.49. The molecule has 496 valence electrons. The van der Waals surface area contributed by atoms with Gasteiger partial charge in [0.1, 0.15) is 5.82 Å². The lowest BCUT2D eigenvalue weighted by Crippen LogP contribution is -2.62. The van der Waals surface area contributed by atoms with E-state index in [0.29, 0.717) is 79.8 Å². The van der Waals surface area contributed by atoms with E-state index < -0.39 is 0 Å². The van der Waals surface area contributed by atoms with Gasteiger partial charge in [0, 0.05) is 134 Å². The van der Waals surface area contributed by atoms with Gasteiger partial charge >= 0.3 is 0 Å². The lowest BCUT2D eigenvalue weighted by molar-refractivity contribution is 0.159. The molecule has 8 rings (SSSR count). The monoisotopic (exact) mass is 1220 g/mol. The molecule has 8 heterocycles. The normalized spacial score (nSPS) is 23.9. The Morgan fingerprint density at radius 1 is 0.307 bits per heavy atom. The largest absolute Gasteiger partial charge is 0.341 e. The Balaban J connectivity index is 1.11. The fourth-order valence-corrected chi connectivity index (χ4v) is 16.8. The van der Waals surface area contributed by atoms with Crippen molar-refractivity contribution in [1.29, 1.82) is 0 Å². The molecule has 5 aliphatic heterocycles. The number of hydrogen-bond acceptors (Lipinski definition) is 23. The molecule has 0 aromatic carbocycles. The van der Waals surface area contributed by atoms with Crippen molar-refractivity contribution in [2.75, 3.05) is 109 Å². The van der Waals surface area contributed by atoms with Crippen molar-refractivity contribution >= 4 is 47.6 Å². The Kier molecular flexibility index (Phi) is 19.4.